The van der Waals surface area contributed by atoms with Crippen molar-refractivity contribution < 1.29 is 24.1 Å². The first-order valence-corrected chi connectivity index (χ1v) is 11.8. The molecule has 0 unspecified atom stereocenters. The molecule has 0 saturated carbocycles. The fourth-order valence-corrected chi connectivity index (χ4v) is 5.45. The Bertz CT molecular complexity index is 749. The van der Waals surface area contributed by atoms with Gasteiger partial charge in [0.15, 0.2) is 12.1 Å². The van der Waals surface area contributed by atoms with Crippen molar-refractivity contribution in [2.45, 2.75) is 37.6 Å². The Morgan fingerprint density at radius 3 is 2.26 bits per heavy atom. The lowest BCUT2D eigenvalue weighted by molar-refractivity contribution is -0.972. The number of nitrogens with one attached hydrogen (secondary N) is 3. The molecule has 8 heteroatoms. The number of benzene rings is 1. The summed E-state index contributed by atoms with van der Waals surface area (Å²) in [5.74, 6) is -0.140. The van der Waals surface area contributed by atoms with Crippen molar-refractivity contribution in [2.24, 2.45) is 5.73 Å². The number of piperidine rings is 2. The van der Waals surface area contributed by atoms with Crippen LogP contribution in [0.3, 0.4) is 0 Å². The molecule has 1 aromatic carbocycles. The maximum atomic E-state index is 12.6. The number of nitrogens with zero attached hydrogens (tertiary/aromatic N) is 1. The van der Waals surface area contributed by atoms with Crippen LogP contribution in [0, 0.1) is 0 Å². The quantitative estimate of drug-likeness (QED) is 0.438. The van der Waals surface area contributed by atoms with Crippen molar-refractivity contribution in [3.05, 3.63) is 24.3 Å². The van der Waals surface area contributed by atoms with Crippen LogP contribution < -0.4 is 25.8 Å². The van der Waals surface area contributed by atoms with Gasteiger partial charge in [-0.05, 0) is 43.5 Å². The summed E-state index contributed by atoms with van der Waals surface area (Å²) < 4.78 is 5.40. The molecule has 0 bridgehead atoms. The van der Waals surface area contributed by atoms with Crippen LogP contribution in [0.1, 0.15) is 32.1 Å². The second kappa shape index (κ2) is 9.97. The molecule has 1 aromatic rings. The van der Waals surface area contributed by atoms with E-state index in [1.54, 1.807) is 0 Å². The topological polar surface area (TPSA) is 93.5 Å². The molecule has 3 saturated heterocycles. The molecule has 0 spiro atoms. The number of anilines is 2. The highest BCUT2D eigenvalue weighted by Gasteiger charge is 2.50. The van der Waals surface area contributed by atoms with Crippen molar-refractivity contribution in [1.29, 1.82) is 0 Å². The zero-order chi connectivity index (χ0) is 21.7. The maximum absolute atomic E-state index is 12.6. The SMILES string of the molecule is NC(=O)C1([NH+]2CCCCC2)CC[NH+](CC(=O)Nc2ccc(N3CCOCC3)cc2)CC1. The van der Waals surface area contributed by atoms with Crippen LogP contribution >= 0.6 is 0 Å². The monoisotopic (exact) mass is 431 g/mol. The standard InChI is InChI=1S/C23H35N5O3/c24-22(30)23(28-10-2-1-3-11-28)8-12-26(13-9-23)18-21(29)25-19-4-6-20(7-5-19)27-14-16-31-17-15-27/h4-7H,1-3,8-18H2,(H2,24,30)(H,25,29)/p+2. The third-order valence-electron chi connectivity index (χ3n) is 7.35. The predicted octanol–water partition coefficient (Wildman–Crippen LogP) is -1.57. The van der Waals surface area contributed by atoms with Gasteiger partial charge >= 0.3 is 0 Å². The fraction of sp³-hybridized carbons (Fsp3) is 0.652. The molecule has 0 radical (unpaired) electrons. The molecular weight excluding hydrogens is 394 g/mol. The number of likely N-dealkylation sites (tertiary alicyclic amines) is 2. The van der Waals surface area contributed by atoms with Gasteiger partial charge < -0.3 is 30.5 Å². The largest absolute Gasteiger partial charge is 0.378 e. The van der Waals surface area contributed by atoms with Gasteiger partial charge in [0.05, 0.1) is 52.2 Å². The minimum atomic E-state index is -0.435. The number of nitrogens with two attached hydrogens (primary N) is 1. The van der Waals surface area contributed by atoms with E-state index in [9.17, 15) is 9.59 Å². The van der Waals surface area contributed by atoms with E-state index in [0.717, 1.165) is 76.7 Å². The normalized spacial score (nSPS) is 27.6. The molecule has 0 aromatic heterocycles. The number of hydrogen-bond acceptors (Lipinski definition) is 4. The Morgan fingerprint density at radius 2 is 1.65 bits per heavy atom. The first-order valence-electron chi connectivity index (χ1n) is 11.8. The van der Waals surface area contributed by atoms with E-state index < -0.39 is 5.54 Å². The second-order valence-corrected chi connectivity index (χ2v) is 9.23. The number of carbonyl (C=O) groups is 2. The molecule has 170 valence electrons. The summed E-state index contributed by atoms with van der Waals surface area (Å²) in [6.07, 6.45) is 5.15. The number of carbonyl (C=O) groups excluding carboxylic acids is 2. The highest BCUT2D eigenvalue weighted by atomic mass is 16.5. The maximum Gasteiger partial charge on any atom is 0.279 e. The number of rotatable bonds is 6. The Labute approximate surface area is 184 Å². The average molecular weight is 432 g/mol. The van der Waals surface area contributed by atoms with Crippen molar-refractivity contribution in [2.75, 3.05) is 69.2 Å². The number of quaternary nitrogens is 2. The molecule has 3 fully saturated rings. The Kier molecular flexibility index (Phi) is 7.09. The second-order valence-electron chi connectivity index (χ2n) is 9.23. The highest BCUT2D eigenvalue weighted by molar-refractivity contribution is 5.91. The summed E-state index contributed by atoms with van der Waals surface area (Å²) in [5, 5.41) is 3.03. The number of ether oxygens (including phenoxy) is 1. The van der Waals surface area contributed by atoms with Crippen LogP contribution in [0.15, 0.2) is 24.3 Å². The zero-order valence-corrected chi connectivity index (χ0v) is 18.5. The van der Waals surface area contributed by atoms with E-state index in [0.29, 0.717) is 6.54 Å². The molecule has 3 heterocycles. The lowest BCUT2D eigenvalue weighted by Crippen LogP contribution is -3.26. The average Bonchev–Trinajstić information content (AvgIpc) is 2.81. The van der Waals surface area contributed by atoms with Crippen LogP contribution in [-0.4, -0.2) is 76.4 Å². The van der Waals surface area contributed by atoms with E-state index in [2.05, 4.69) is 22.3 Å². The number of amides is 2. The minimum Gasteiger partial charge on any atom is -0.378 e. The van der Waals surface area contributed by atoms with Crippen molar-refractivity contribution in [3.8, 4) is 0 Å². The first-order chi connectivity index (χ1) is 15.1. The molecule has 5 N–H and O–H groups in total. The third kappa shape index (κ3) is 5.19. The zero-order valence-electron chi connectivity index (χ0n) is 18.5. The van der Waals surface area contributed by atoms with E-state index in [1.807, 2.05) is 12.1 Å². The Balaban J connectivity index is 1.27. The van der Waals surface area contributed by atoms with Crippen LogP contribution in [0.5, 0.6) is 0 Å². The molecule has 3 aliphatic heterocycles. The minimum absolute atomic E-state index is 0.0195. The molecular formula is C23H37N5O3+2. The summed E-state index contributed by atoms with van der Waals surface area (Å²) in [4.78, 5) is 29.9. The van der Waals surface area contributed by atoms with Gasteiger partial charge in [-0.15, -0.1) is 0 Å². The Hall–Kier alpha value is -2.16. The van der Waals surface area contributed by atoms with Crippen molar-refractivity contribution in [1.82, 2.24) is 0 Å². The van der Waals surface area contributed by atoms with Gasteiger partial charge in [0, 0.05) is 24.5 Å². The summed E-state index contributed by atoms with van der Waals surface area (Å²) in [5.41, 5.74) is 7.43. The summed E-state index contributed by atoms with van der Waals surface area (Å²) in [7, 11) is 0. The summed E-state index contributed by atoms with van der Waals surface area (Å²) >= 11 is 0. The van der Waals surface area contributed by atoms with E-state index in [4.69, 9.17) is 10.5 Å². The summed E-state index contributed by atoms with van der Waals surface area (Å²) in [6, 6.07) is 8.03. The van der Waals surface area contributed by atoms with E-state index in [1.165, 1.54) is 29.1 Å². The van der Waals surface area contributed by atoms with Gasteiger partial charge in [-0.2, -0.15) is 0 Å². The molecule has 0 aliphatic carbocycles. The molecule has 3 aliphatic rings. The smallest absolute Gasteiger partial charge is 0.279 e. The fourth-order valence-electron chi connectivity index (χ4n) is 5.45. The van der Waals surface area contributed by atoms with Gasteiger partial charge in [-0.3, -0.25) is 9.59 Å². The molecule has 0 atom stereocenters. The lowest BCUT2D eigenvalue weighted by atomic mass is 9.83. The Morgan fingerprint density at radius 1 is 1.00 bits per heavy atom. The van der Waals surface area contributed by atoms with Crippen LogP contribution in [0.4, 0.5) is 11.4 Å². The molecule has 8 nitrogen and oxygen atoms in total. The summed E-state index contributed by atoms with van der Waals surface area (Å²) in [6.45, 7) is 7.45. The highest BCUT2D eigenvalue weighted by Crippen LogP contribution is 2.19. The van der Waals surface area contributed by atoms with Gasteiger partial charge in [0.2, 0.25) is 0 Å². The lowest BCUT2D eigenvalue weighted by Gasteiger charge is -2.43. The number of primary amides is 1. The first kappa shape index (κ1) is 22.0. The van der Waals surface area contributed by atoms with Gasteiger partial charge in [0.25, 0.3) is 11.8 Å². The van der Waals surface area contributed by atoms with E-state index >= 15 is 0 Å². The number of morpholine rings is 1. The molecule has 4 rings (SSSR count). The van der Waals surface area contributed by atoms with Gasteiger partial charge in [-0.25, -0.2) is 0 Å². The number of hydrogen-bond donors (Lipinski definition) is 4. The van der Waals surface area contributed by atoms with Crippen molar-refractivity contribution >= 4 is 23.2 Å². The van der Waals surface area contributed by atoms with Crippen LogP contribution in [-0.2, 0) is 14.3 Å². The third-order valence-corrected chi connectivity index (χ3v) is 7.35. The van der Waals surface area contributed by atoms with Crippen LogP contribution in [0.2, 0.25) is 0 Å². The van der Waals surface area contributed by atoms with E-state index in [-0.39, 0.29) is 11.8 Å². The molecule has 2 amide bonds. The van der Waals surface area contributed by atoms with Gasteiger partial charge in [-0.1, -0.05) is 0 Å². The van der Waals surface area contributed by atoms with Gasteiger partial charge in [0.1, 0.15) is 0 Å². The van der Waals surface area contributed by atoms with Crippen molar-refractivity contribution in [3.63, 3.8) is 0 Å². The predicted molar refractivity (Wildman–Crippen MR) is 119 cm³/mol. The molecule has 31 heavy (non-hydrogen) atoms. The van der Waals surface area contributed by atoms with Crippen LogP contribution in [0.25, 0.3) is 0 Å².